The Bertz CT molecular complexity index is 317. The molecular formula is C9H9NO. The van der Waals surface area contributed by atoms with Gasteiger partial charge in [-0.25, -0.2) is 4.98 Å². The van der Waals surface area contributed by atoms with E-state index in [9.17, 15) is 4.79 Å². The monoisotopic (exact) mass is 147 g/mol. The molecule has 0 N–H and O–H groups in total. The second-order valence-corrected chi connectivity index (χ2v) is 2.88. The van der Waals surface area contributed by atoms with Gasteiger partial charge in [0.15, 0.2) is 5.78 Å². The van der Waals surface area contributed by atoms with Gasteiger partial charge >= 0.3 is 0 Å². The number of aryl methyl sites for hydroxylation is 2. The van der Waals surface area contributed by atoms with Gasteiger partial charge in [0.25, 0.3) is 0 Å². The number of pyridine rings is 1. The van der Waals surface area contributed by atoms with Gasteiger partial charge in [-0.05, 0) is 25.0 Å². The fourth-order valence-corrected chi connectivity index (χ4v) is 1.40. The van der Waals surface area contributed by atoms with Crippen molar-refractivity contribution in [3.63, 3.8) is 0 Å². The van der Waals surface area contributed by atoms with Crippen molar-refractivity contribution in [3.05, 3.63) is 29.1 Å². The van der Waals surface area contributed by atoms with Crippen LogP contribution in [0.2, 0.25) is 0 Å². The highest BCUT2D eigenvalue weighted by molar-refractivity contribution is 5.98. The number of Topliss-reactive ketones (excluding diaryl/α,β-unsaturated/α-hetero) is 1. The van der Waals surface area contributed by atoms with Crippen LogP contribution in [0.3, 0.4) is 0 Å². The lowest BCUT2D eigenvalue weighted by Gasteiger charge is -1.96. The zero-order chi connectivity index (χ0) is 7.84. The maximum absolute atomic E-state index is 11.2. The summed E-state index contributed by atoms with van der Waals surface area (Å²) < 4.78 is 0. The molecule has 2 rings (SSSR count). The highest BCUT2D eigenvalue weighted by Crippen LogP contribution is 2.19. The molecule has 1 aliphatic rings. The Morgan fingerprint density at radius 1 is 1.36 bits per heavy atom. The zero-order valence-electron chi connectivity index (χ0n) is 6.42. The standard InChI is InChI=1S/C9H9NO/c1-6-2-3-7-4-5-8(11)9(7)10-6/h2-3H,4-5H2,1H3. The molecule has 1 heterocycles. The van der Waals surface area contributed by atoms with Crippen LogP contribution in [0.15, 0.2) is 12.1 Å². The van der Waals surface area contributed by atoms with Crippen molar-refractivity contribution in [1.29, 1.82) is 0 Å². The van der Waals surface area contributed by atoms with Crippen molar-refractivity contribution in [2.75, 3.05) is 0 Å². The van der Waals surface area contributed by atoms with Gasteiger partial charge in [0, 0.05) is 12.1 Å². The highest BCUT2D eigenvalue weighted by atomic mass is 16.1. The Labute approximate surface area is 65.3 Å². The van der Waals surface area contributed by atoms with Crippen molar-refractivity contribution in [2.24, 2.45) is 0 Å². The number of fused-ring (bicyclic) bond motifs is 1. The Balaban J connectivity index is 2.60. The van der Waals surface area contributed by atoms with Gasteiger partial charge in [0.1, 0.15) is 5.69 Å². The maximum atomic E-state index is 11.2. The van der Waals surface area contributed by atoms with Crippen molar-refractivity contribution in [1.82, 2.24) is 4.98 Å². The molecule has 56 valence electrons. The molecular weight excluding hydrogens is 138 g/mol. The van der Waals surface area contributed by atoms with E-state index in [1.54, 1.807) is 0 Å². The van der Waals surface area contributed by atoms with Crippen molar-refractivity contribution in [3.8, 4) is 0 Å². The number of carbonyl (C=O) groups is 1. The Kier molecular flexibility index (Phi) is 1.28. The summed E-state index contributed by atoms with van der Waals surface area (Å²) in [6.07, 6.45) is 1.52. The number of aromatic nitrogens is 1. The number of nitrogens with zero attached hydrogens (tertiary/aromatic N) is 1. The molecule has 2 nitrogen and oxygen atoms in total. The summed E-state index contributed by atoms with van der Waals surface area (Å²) in [6.45, 7) is 1.91. The van der Waals surface area contributed by atoms with Gasteiger partial charge in [-0.3, -0.25) is 4.79 Å². The minimum absolute atomic E-state index is 0.198. The van der Waals surface area contributed by atoms with E-state index in [0.717, 1.165) is 17.7 Å². The van der Waals surface area contributed by atoms with E-state index >= 15 is 0 Å². The van der Waals surface area contributed by atoms with Crippen LogP contribution < -0.4 is 0 Å². The molecule has 0 bridgehead atoms. The molecule has 1 aliphatic carbocycles. The molecule has 0 radical (unpaired) electrons. The van der Waals surface area contributed by atoms with E-state index < -0.39 is 0 Å². The Morgan fingerprint density at radius 3 is 3.00 bits per heavy atom. The first kappa shape index (κ1) is 6.53. The summed E-state index contributed by atoms with van der Waals surface area (Å²) in [4.78, 5) is 15.3. The van der Waals surface area contributed by atoms with Crippen LogP contribution in [-0.4, -0.2) is 10.8 Å². The Hall–Kier alpha value is -1.18. The summed E-state index contributed by atoms with van der Waals surface area (Å²) in [5, 5.41) is 0. The first-order valence-corrected chi connectivity index (χ1v) is 3.77. The number of hydrogen-bond acceptors (Lipinski definition) is 2. The minimum Gasteiger partial charge on any atom is -0.292 e. The first-order valence-electron chi connectivity index (χ1n) is 3.77. The molecule has 0 amide bonds. The molecule has 0 atom stereocenters. The van der Waals surface area contributed by atoms with Crippen LogP contribution >= 0.6 is 0 Å². The summed E-state index contributed by atoms with van der Waals surface area (Å²) in [5.74, 6) is 0.198. The summed E-state index contributed by atoms with van der Waals surface area (Å²) in [6, 6.07) is 3.96. The third-order valence-corrected chi connectivity index (χ3v) is 2.00. The van der Waals surface area contributed by atoms with Crippen LogP contribution in [0.1, 0.15) is 28.2 Å². The van der Waals surface area contributed by atoms with Gasteiger partial charge in [-0.2, -0.15) is 0 Å². The molecule has 0 aromatic carbocycles. The molecule has 1 aromatic rings. The van der Waals surface area contributed by atoms with E-state index in [4.69, 9.17) is 0 Å². The molecule has 0 fully saturated rings. The maximum Gasteiger partial charge on any atom is 0.181 e. The van der Waals surface area contributed by atoms with Crippen LogP contribution in [0, 0.1) is 6.92 Å². The first-order chi connectivity index (χ1) is 5.27. The van der Waals surface area contributed by atoms with E-state index in [2.05, 4.69) is 4.98 Å². The highest BCUT2D eigenvalue weighted by Gasteiger charge is 2.20. The fourth-order valence-electron chi connectivity index (χ4n) is 1.40. The van der Waals surface area contributed by atoms with E-state index in [1.165, 1.54) is 0 Å². The fraction of sp³-hybridized carbons (Fsp3) is 0.333. The average molecular weight is 147 g/mol. The van der Waals surface area contributed by atoms with Gasteiger partial charge < -0.3 is 0 Å². The van der Waals surface area contributed by atoms with E-state index in [0.29, 0.717) is 12.1 Å². The predicted molar refractivity (Wildman–Crippen MR) is 41.6 cm³/mol. The summed E-state index contributed by atoms with van der Waals surface area (Å²) in [5.41, 5.74) is 2.74. The third kappa shape index (κ3) is 0.946. The van der Waals surface area contributed by atoms with Crippen LogP contribution in [0.5, 0.6) is 0 Å². The van der Waals surface area contributed by atoms with Gasteiger partial charge in [0.2, 0.25) is 0 Å². The minimum atomic E-state index is 0.198. The van der Waals surface area contributed by atoms with E-state index in [-0.39, 0.29) is 5.78 Å². The number of rotatable bonds is 0. The van der Waals surface area contributed by atoms with Gasteiger partial charge in [-0.15, -0.1) is 0 Å². The van der Waals surface area contributed by atoms with E-state index in [1.807, 2.05) is 19.1 Å². The molecule has 1 aromatic heterocycles. The largest absolute Gasteiger partial charge is 0.292 e. The third-order valence-electron chi connectivity index (χ3n) is 2.00. The number of hydrogen-bond donors (Lipinski definition) is 0. The molecule has 0 unspecified atom stereocenters. The summed E-state index contributed by atoms with van der Waals surface area (Å²) in [7, 11) is 0. The predicted octanol–water partition coefficient (Wildman–Crippen LogP) is 1.52. The molecule has 11 heavy (non-hydrogen) atoms. The number of carbonyl (C=O) groups excluding carboxylic acids is 1. The molecule has 2 heteroatoms. The summed E-state index contributed by atoms with van der Waals surface area (Å²) >= 11 is 0. The lowest BCUT2D eigenvalue weighted by Crippen LogP contribution is -1.96. The zero-order valence-corrected chi connectivity index (χ0v) is 6.42. The normalized spacial score (nSPS) is 15.2. The molecule has 0 saturated carbocycles. The van der Waals surface area contributed by atoms with Crippen LogP contribution in [0.4, 0.5) is 0 Å². The molecule has 0 spiro atoms. The van der Waals surface area contributed by atoms with Crippen molar-refractivity contribution >= 4 is 5.78 Å². The molecule has 0 saturated heterocycles. The lowest BCUT2D eigenvalue weighted by atomic mass is 10.2. The molecule has 0 aliphatic heterocycles. The smallest absolute Gasteiger partial charge is 0.181 e. The van der Waals surface area contributed by atoms with Gasteiger partial charge in [0.05, 0.1) is 0 Å². The van der Waals surface area contributed by atoms with Crippen molar-refractivity contribution < 1.29 is 4.79 Å². The quantitative estimate of drug-likeness (QED) is 0.557. The number of ketones is 1. The average Bonchev–Trinajstić information content (AvgIpc) is 2.33. The lowest BCUT2D eigenvalue weighted by molar-refractivity contribution is 0.0990. The second kappa shape index (κ2) is 2.16. The van der Waals surface area contributed by atoms with Crippen LogP contribution in [0.25, 0.3) is 0 Å². The Morgan fingerprint density at radius 2 is 2.18 bits per heavy atom. The topological polar surface area (TPSA) is 30.0 Å². The van der Waals surface area contributed by atoms with Gasteiger partial charge in [-0.1, -0.05) is 6.07 Å². The second-order valence-electron chi connectivity index (χ2n) is 2.88. The van der Waals surface area contributed by atoms with Crippen molar-refractivity contribution in [2.45, 2.75) is 19.8 Å². The SMILES string of the molecule is Cc1ccc2c(n1)C(=O)CC2. The van der Waals surface area contributed by atoms with Crippen LogP contribution in [-0.2, 0) is 6.42 Å².